The summed E-state index contributed by atoms with van der Waals surface area (Å²) in [7, 11) is 0. The average molecular weight is 615 g/mol. The predicted octanol–water partition coefficient (Wildman–Crippen LogP) is 4.76. The summed E-state index contributed by atoms with van der Waals surface area (Å²) in [5, 5.41) is 9.32. The van der Waals surface area contributed by atoms with Crippen molar-refractivity contribution in [2.45, 2.75) is 114 Å². The Morgan fingerprint density at radius 3 is 2.49 bits per heavy atom. The van der Waals surface area contributed by atoms with E-state index >= 15 is 0 Å². The Hall–Kier alpha value is -2.64. The molecule has 2 aliphatic heterocycles. The highest BCUT2D eigenvalue weighted by molar-refractivity contribution is 7.98. The zero-order valence-corrected chi connectivity index (χ0v) is 26.6. The summed E-state index contributed by atoms with van der Waals surface area (Å²) in [5.74, 6) is -2.27. The molecule has 4 atom stereocenters. The summed E-state index contributed by atoms with van der Waals surface area (Å²) in [6.07, 6.45) is 8.14. The van der Waals surface area contributed by atoms with Crippen molar-refractivity contribution >= 4 is 40.6 Å². The number of thioether (sulfide) groups is 1. The molecule has 2 aromatic rings. The van der Waals surface area contributed by atoms with Crippen molar-refractivity contribution in [1.29, 1.82) is 0 Å². The minimum atomic E-state index is -0.935. The van der Waals surface area contributed by atoms with Gasteiger partial charge in [-0.15, -0.1) is 16.9 Å². The van der Waals surface area contributed by atoms with Gasteiger partial charge in [0.2, 0.25) is 5.78 Å². The molecule has 6 rings (SSSR count). The maximum Gasteiger partial charge on any atom is 0.410 e. The van der Waals surface area contributed by atoms with Gasteiger partial charge in [0, 0.05) is 13.0 Å². The fourth-order valence-electron chi connectivity index (χ4n) is 7.65. The first kappa shape index (κ1) is 30.4. The number of carbonyl (C=O) groups is 3. The number of ether oxygens (including phenoxy) is 3. The monoisotopic (exact) mass is 614 g/mol. The Morgan fingerprint density at radius 2 is 1.77 bits per heavy atom. The number of amides is 1. The third-order valence-electron chi connectivity index (χ3n) is 9.62. The standard InChI is InChI=1S/C30H42N6O6S/c1-18(20-11-9-15-35(20)27(39)42-28(2,3)4)36-25-21(33-34-36)26(43-5)32-24(31-25)22(37)19-10-8-13-29(23(19)38)12-6-7-14-30(29)40-16-17-41-30/h18-20H,6-17H2,1-5H3/t18?,19?,20-,29-/m0/s1. The number of nitrogens with zero attached hydrogens (tertiary/aromatic N) is 6. The van der Waals surface area contributed by atoms with Crippen LogP contribution in [0.3, 0.4) is 0 Å². The fraction of sp³-hybridized carbons (Fsp3) is 0.767. The lowest BCUT2D eigenvalue weighted by atomic mass is 9.57. The van der Waals surface area contributed by atoms with E-state index in [1.807, 2.05) is 34.0 Å². The smallest absolute Gasteiger partial charge is 0.410 e. The molecule has 4 aliphatic rings. The van der Waals surface area contributed by atoms with Crippen molar-refractivity contribution < 1.29 is 28.6 Å². The van der Waals surface area contributed by atoms with E-state index in [1.54, 1.807) is 9.58 Å². The Labute approximate surface area is 256 Å². The highest BCUT2D eigenvalue weighted by atomic mass is 32.2. The molecule has 4 fully saturated rings. The second-order valence-electron chi connectivity index (χ2n) is 13.3. The molecule has 13 heteroatoms. The van der Waals surface area contributed by atoms with Gasteiger partial charge >= 0.3 is 6.09 Å². The normalized spacial score (nSPS) is 28.2. The number of likely N-dealkylation sites (tertiary alicyclic amines) is 1. The van der Waals surface area contributed by atoms with E-state index < -0.39 is 22.7 Å². The lowest BCUT2D eigenvalue weighted by molar-refractivity contribution is -0.255. The molecule has 2 aromatic heterocycles. The number of hydrogen-bond acceptors (Lipinski definition) is 11. The van der Waals surface area contributed by atoms with Crippen molar-refractivity contribution in [2.24, 2.45) is 11.3 Å². The first-order valence-electron chi connectivity index (χ1n) is 15.5. The van der Waals surface area contributed by atoms with E-state index in [0.29, 0.717) is 61.6 Å². The minimum Gasteiger partial charge on any atom is -0.444 e. The van der Waals surface area contributed by atoms with Crippen LogP contribution in [0.4, 0.5) is 4.79 Å². The van der Waals surface area contributed by atoms with Crippen molar-refractivity contribution in [3.8, 4) is 0 Å². The predicted molar refractivity (Wildman–Crippen MR) is 158 cm³/mol. The molecule has 2 aliphatic carbocycles. The maximum atomic E-state index is 14.3. The van der Waals surface area contributed by atoms with Crippen LogP contribution in [-0.2, 0) is 19.0 Å². The number of fused-ring (bicyclic) bond motifs is 2. The number of aromatic nitrogens is 5. The Morgan fingerprint density at radius 1 is 1.05 bits per heavy atom. The quantitative estimate of drug-likeness (QED) is 0.199. The topological polar surface area (TPSA) is 139 Å². The Balaban J connectivity index is 1.32. The third kappa shape index (κ3) is 5.14. The molecule has 0 radical (unpaired) electrons. The molecular weight excluding hydrogens is 572 g/mol. The SMILES string of the molecule is CSc1nc(C(=O)C2CCC[C@@]3(CCCCC34OCCO4)C2=O)nc2c1nnn2C(C)[C@@H]1CCCN1C(=O)OC(C)(C)C. The van der Waals surface area contributed by atoms with Gasteiger partial charge in [-0.2, -0.15) is 0 Å². The molecule has 4 heterocycles. The molecule has 1 amide bonds. The molecular formula is C30H42N6O6S. The summed E-state index contributed by atoms with van der Waals surface area (Å²) >= 11 is 1.35. The average Bonchev–Trinajstić information content (AvgIpc) is 3.74. The van der Waals surface area contributed by atoms with Crippen LogP contribution in [0.15, 0.2) is 5.03 Å². The van der Waals surface area contributed by atoms with Gasteiger partial charge in [-0.05, 0) is 72.5 Å². The molecule has 2 unspecified atom stereocenters. The molecule has 2 spiro atoms. The molecule has 0 N–H and O–H groups in total. The van der Waals surface area contributed by atoms with Crippen molar-refractivity contribution in [2.75, 3.05) is 26.0 Å². The van der Waals surface area contributed by atoms with Gasteiger partial charge in [0.25, 0.3) is 0 Å². The first-order valence-corrected chi connectivity index (χ1v) is 16.8. The van der Waals surface area contributed by atoms with Crippen LogP contribution in [0, 0.1) is 11.3 Å². The van der Waals surface area contributed by atoms with Crippen LogP contribution in [0.25, 0.3) is 11.2 Å². The van der Waals surface area contributed by atoms with Gasteiger partial charge in [0.1, 0.15) is 10.6 Å². The van der Waals surface area contributed by atoms with Crippen LogP contribution in [-0.4, -0.2) is 91.0 Å². The van der Waals surface area contributed by atoms with Crippen LogP contribution in [0.2, 0.25) is 0 Å². The fourth-order valence-corrected chi connectivity index (χ4v) is 8.16. The van der Waals surface area contributed by atoms with E-state index in [4.69, 9.17) is 19.2 Å². The number of hydrogen-bond donors (Lipinski definition) is 0. The van der Waals surface area contributed by atoms with E-state index in [9.17, 15) is 14.4 Å². The third-order valence-corrected chi connectivity index (χ3v) is 10.3. The van der Waals surface area contributed by atoms with Crippen molar-refractivity contribution in [3.05, 3.63) is 5.82 Å². The van der Waals surface area contributed by atoms with E-state index in [1.165, 1.54) is 11.8 Å². The first-order chi connectivity index (χ1) is 20.5. The van der Waals surface area contributed by atoms with Gasteiger partial charge in [-0.1, -0.05) is 18.1 Å². The van der Waals surface area contributed by atoms with E-state index in [2.05, 4.69) is 15.3 Å². The summed E-state index contributed by atoms with van der Waals surface area (Å²) < 4.78 is 19.7. The molecule has 12 nitrogen and oxygen atoms in total. The lowest BCUT2D eigenvalue weighted by Crippen LogP contribution is -2.60. The van der Waals surface area contributed by atoms with Crippen molar-refractivity contribution in [1.82, 2.24) is 29.9 Å². The zero-order chi connectivity index (χ0) is 30.6. The highest BCUT2D eigenvalue weighted by Crippen LogP contribution is 2.56. The van der Waals surface area contributed by atoms with Gasteiger partial charge in [0.15, 0.2) is 28.6 Å². The van der Waals surface area contributed by atoms with E-state index in [0.717, 1.165) is 32.1 Å². The minimum absolute atomic E-state index is 0.00321. The van der Waals surface area contributed by atoms with Crippen LogP contribution in [0.5, 0.6) is 0 Å². The number of Topliss-reactive ketones (excluding diaryl/α,β-unsaturated/α-hetero) is 2. The largest absolute Gasteiger partial charge is 0.444 e. The Kier molecular flexibility index (Phi) is 8.04. The van der Waals surface area contributed by atoms with Gasteiger partial charge in [-0.3, -0.25) is 9.59 Å². The van der Waals surface area contributed by atoms with Gasteiger partial charge in [-0.25, -0.2) is 19.4 Å². The lowest BCUT2D eigenvalue weighted by Gasteiger charge is -2.51. The maximum absolute atomic E-state index is 14.3. The molecule has 0 aromatic carbocycles. The number of ketones is 2. The highest BCUT2D eigenvalue weighted by Gasteiger charge is 2.63. The van der Waals surface area contributed by atoms with Crippen LogP contribution in [0.1, 0.15) is 102 Å². The van der Waals surface area contributed by atoms with Crippen molar-refractivity contribution in [3.63, 3.8) is 0 Å². The number of rotatable bonds is 5. The molecule has 234 valence electrons. The summed E-state index contributed by atoms with van der Waals surface area (Å²) in [6.45, 7) is 9.05. The zero-order valence-electron chi connectivity index (χ0n) is 25.8. The van der Waals surface area contributed by atoms with Crippen LogP contribution < -0.4 is 0 Å². The summed E-state index contributed by atoms with van der Waals surface area (Å²) in [5.41, 5.74) is -0.520. The van der Waals surface area contributed by atoms with Crippen LogP contribution >= 0.6 is 11.8 Å². The van der Waals surface area contributed by atoms with E-state index in [-0.39, 0.29) is 35.6 Å². The Bertz CT molecular complexity index is 1410. The van der Waals surface area contributed by atoms with Gasteiger partial charge in [0.05, 0.1) is 36.6 Å². The summed E-state index contributed by atoms with van der Waals surface area (Å²) in [4.78, 5) is 52.5. The molecule has 0 bridgehead atoms. The molecule has 43 heavy (non-hydrogen) atoms. The number of carbonyl (C=O) groups excluding carboxylic acids is 3. The molecule has 2 saturated heterocycles. The summed E-state index contributed by atoms with van der Waals surface area (Å²) in [6, 6.07) is -0.466. The second-order valence-corrected chi connectivity index (χ2v) is 14.1. The van der Waals surface area contributed by atoms with Gasteiger partial charge < -0.3 is 19.1 Å². The second kappa shape index (κ2) is 11.4. The molecule has 2 saturated carbocycles.